The van der Waals surface area contributed by atoms with Crippen LogP contribution in [0.4, 0.5) is 14.6 Å². The molecule has 11 heteroatoms. The third-order valence-corrected chi connectivity index (χ3v) is 6.20. The van der Waals surface area contributed by atoms with E-state index < -0.39 is 12.1 Å². The quantitative estimate of drug-likeness (QED) is 0.441. The maximum atomic E-state index is 13.7. The largest absolute Gasteiger partial charge is 0.394 e. The molecule has 0 spiro atoms. The predicted molar refractivity (Wildman–Crippen MR) is 129 cm³/mol. The first-order chi connectivity index (χ1) is 17.5. The number of fused-ring (bicyclic) bond motifs is 1. The van der Waals surface area contributed by atoms with E-state index in [1.807, 2.05) is 29.2 Å². The number of pyridine rings is 1. The molecule has 0 amide bonds. The molecule has 0 radical (unpaired) electrons. The van der Waals surface area contributed by atoms with E-state index in [0.717, 1.165) is 11.6 Å². The van der Waals surface area contributed by atoms with E-state index in [0.29, 0.717) is 34.8 Å². The van der Waals surface area contributed by atoms with E-state index in [9.17, 15) is 19.1 Å². The van der Waals surface area contributed by atoms with Crippen molar-refractivity contribution in [2.45, 2.75) is 25.8 Å². The molecule has 5 rings (SSSR count). The van der Waals surface area contributed by atoms with Crippen molar-refractivity contribution in [2.75, 3.05) is 18.1 Å². The Morgan fingerprint density at radius 1 is 1.33 bits per heavy atom. The molecule has 1 aliphatic rings. The molecule has 0 aliphatic carbocycles. The minimum Gasteiger partial charge on any atom is -0.394 e. The molecule has 182 valence electrons. The number of anilines is 1. The van der Waals surface area contributed by atoms with Gasteiger partial charge in [0.15, 0.2) is 11.5 Å². The van der Waals surface area contributed by atoms with Gasteiger partial charge in [0, 0.05) is 29.7 Å². The highest BCUT2D eigenvalue weighted by molar-refractivity contribution is 5.73. The molecular weight excluding hydrogens is 466 g/mol. The highest BCUT2D eigenvalue weighted by Gasteiger charge is 2.34. The number of hydrogen-bond donors (Lipinski definition) is 1. The molecule has 1 saturated heterocycles. The molecule has 4 aromatic heterocycles. The summed E-state index contributed by atoms with van der Waals surface area (Å²) in [6.45, 7) is 6.03. The van der Waals surface area contributed by atoms with E-state index in [1.54, 1.807) is 42.2 Å². The molecule has 36 heavy (non-hydrogen) atoms. The molecule has 9 nitrogen and oxygen atoms in total. The minimum absolute atomic E-state index is 0.0612. The Hall–Kier alpha value is -4.43. The summed E-state index contributed by atoms with van der Waals surface area (Å²) in [7, 11) is 0. The number of rotatable bonds is 6. The number of halogens is 2. The van der Waals surface area contributed by atoms with Crippen LogP contribution in [0.25, 0.3) is 23.6 Å². The number of nitriles is 1. The number of nitrogens with zero attached hydrogens (tertiary/aromatic N) is 8. The van der Waals surface area contributed by atoms with Crippen molar-refractivity contribution in [3.63, 3.8) is 0 Å². The second-order valence-electron chi connectivity index (χ2n) is 8.30. The fourth-order valence-electron chi connectivity index (χ4n) is 4.32. The number of alkyl halides is 2. The molecule has 0 saturated carbocycles. The Morgan fingerprint density at radius 3 is 2.78 bits per heavy atom. The Kier molecular flexibility index (Phi) is 6.03. The number of allylic oxidation sites excluding steroid dienone is 1. The van der Waals surface area contributed by atoms with Crippen molar-refractivity contribution in [3.8, 4) is 11.9 Å². The Labute approximate surface area is 204 Å². The van der Waals surface area contributed by atoms with Gasteiger partial charge in [0.2, 0.25) is 0 Å². The smallest absolute Gasteiger partial charge is 0.283 e. The van der Waals surface area contributed by atoms with Gasteiger partial charge in [0.1, 0.15) is 23.1 Å². The van der Waals surface area contributed by atoms with E-state index in [4.69, 9.17) is 4.98 Å². The van der Waals surface area contributed by atoms with Gasteiger partial charge < -0.3 is 10.0 Å². The fourth-order valence-corrected chi connectivity index (χ4v) is 4.32. The molecule has 0 aromatic carbocycles. The van der Waals surface area contributed by atoms with Gasteiger partial charge in [-0.2, -0.15) is 20.0 Å². The Bertz CT molecular complexity index is 1620. The molecule has 0 bridgehead atoms. The first kappa shape index (κ1) is 23.3. The minimum atomic E-state index is -2.93. The van der Waals surface area contributed by atoms with Gasteiger partial charge in [-0.3, -0.25) is 0 Å². The zero-order valence-electron chi connectivity index (χ0n) is 19.4. The van der Waals surface area contributed by atoms with Crippen molar-refractivity contribution in [3.05, 3.63) is 76.3 Å². The maximum Gasteiger partial charge on any atom is 0.283 e. The van der Waals surface area contributed by atoms with Gasteiger partial charge in [-0.05, 0) is 43.7 Å². The van der Waals surface area contributed by atoms with Gasteiger partial charge in [0.05, 0.1) is 23.7 Å². The van der Waals surface area contributed by atoms with Crippen LogP contribution in [0.15, 0.2) is 43.2 Å². The SMILES string of the molecule is C=C/C=c1/nc(-n2cccn2)cc/c1=C\c1c(C)nc2c(C#N)c(C(F)F)nn2c1N1CCC1CO. The topological polar surface area (TPSA) is 108 Å². The van der Waals surface area contributed by atoms with Gasteiger partial charge in [-0.1, -0.05) is 12.7 Å². The average molecular weight is 489 g/mol. The van der Waals surface area contributed by atoms with Crippen molar-refractivity contribution in [2.24, 2.45) is 0 Å². The van der Waals surface area contributed by atoms with Crippen LogP contribution in [0.1, 0.15) is 35.4 Å². The van der Waals surface area contributed by atoms with Crippen LogP contribution in [0, 0.1) is 18.3 Å². The van der Waals surface area contributed by atoms with Crippen LogP contribution in [-0.4, -0.2) is 53.7 Å². The van der Waals surface area contributed by atoms with Crippen LogP contribution < -0.4 is 15.5 Å². The van der Waals surface area contributed by atoms with Crippen LogP contribution in [0.5, 0.6) is 0 Å². The third-order valence-electron chi connectivity index (χ3n) is 6.20. The van der Waals surface area contributed by atoms with Crippen molar-refractivity contribution >= 4 is 23.6 Å². The van der Waals surface area contributed by atoms with Crippen molar-refractivity contribution in [1.29, 1.82) is 5.26 Å². The molecule has 1 N–H and O–H groups in total. The lowest BCUT2D eigenvalue weighted by molar-refractivity contribution is 0.145. The monoisotopic (exact) mass is 488 g/mol. The summed E-state index contributed by atoms with van der Waals surface area (Å²) in [6, 6.07) is 7.12. The summed E-state index contributed by atoms with van der Waals surface area (Å²) in [5.41, 5.74) is 0.341. The average Bonchev–Trinajstić information content (AvgIpc) is 3.50. The van der Waals surface area contributed by atoms with E-state index in [2.05, 4.69) is 21.8 Å². The van der Waals surface area contributed by atoms with E-state index in [-0.39, 0.29) is 23.9 Å². The van der Waals surface area contributed by atoms with E-state index >= 15 is 0 Å². The highest BCUT2D eigenvalue weighted by atomic mass is 19.3. The van der Waals surface area contributed by atoms with E-state index in [1.165, 1.54) is 4.52 Å². The first-order valence-electron chi connectivity index (χ1n) is 11.3. The zero-order valence-corrected chi connectivity index (χ0v) is 19.4. The molecular formula is C25H22F2N8O. The van der Waals surface area contributed by atoms with Gasteiger partial charge in [0.25, 0.3) is 6.43 Å². The number of aliphatic hydroxyl groups excluding tert-OH is 1. The van der Waals surface area contributed by atoms with Crippen molar-refractivity contribution < 1.29 is 13.9 Å². The lowest BCUT2D eigenvalue weighted by atomic mass is 10.0. The third kappa shape index (κ3) is 3.81. The molecule has 1 unspecified atom stereocenters. The number of aromatic nitrogens is 6. The summed E-state index contributed by atoms with van der Waals surface area (Å²) in [5, 5.41) is 29.1. The Balaban J connectivity index is 1.81. The van der Waals surface area contributed by atoms with Crippen LogP contribution in [0.2, 0.25) is 0 Å². The number of aryl methyl sites for hydroxylation is 1. The number of hydrogen-bond acceptors (Lipinski definition) is 7. The van der Waals surface area contributed by atoms with Crippen LogP contribution >= 0.6 is 0 Å². The lowest BCUT2D eigenvalue weighted by Crippen LogP contribution is -2.51. The molecule has 1 fully saturated rings. The summed E-state index contributed by atoms with van der Waals surface area (Å²) in [5.74, 6) is 1.11. The first-order valence-corrected chi connectivity index (χ1v) is 11.3. The molecule has 1 aliphatic heterocycles. The second kappa shape index (κ2) is 9.31. The second-order valence-corrected chi connectivity index (χ2v) is 8.30. The summed E-state index contributed by atoms with van der Waals surface area (Å²) >= 11 is 0. The highest BCUT2D eigenvalue weighted by Crippen LogP contribution is 2.34. The maximum absolute atomic E-state index is 13.7. The van der Waals surface area contributed by atoms with Crippen molar-refractivity contribution in [1.82, 2.24) is 29.4 Å². The summed E-state index contributed by atoms with van der Waals surface area (Å²) in [4.78, 5) is 11.1. The lowest BCUT2D eigenvalue weighted by Gasteiger charge is -2.42. The summed E-state index contributed by atoms with van der Waals surface area (Å²) < 4.78 is 30.4. The van der Waals surface area contributed by atoms with Crippen LogP contribution in [0.3, 0.4) is 0 Å². The normalized spacial score (nSPS) is 16.6. The number of aliphatic hydroxyl groups is 1. The van der Waals surface area contributed by atoms with Gasteiger partial charge in [-0.25, -0.2) is 23.4 Å². The standard InChI is InChI=1S/C25H22F2N8O/c1-3-5-20-16(6-7-21(31-20)34-10-4-9-29-34)12-18-15(2)30-24-19(13-28)22(23(26)27)32-35(24)25(18)33-11-8-17(33)14-36/h3-7,9-10,12,17,23,36H,1,8,11,14H2,2H3/b16-12+,20-5+. The summed E-state index contributed by atoms with van der Waals surface area (Å²) in [6.07, 6.45) is 6.49. The molecule has 4 aromatic rings. The van der Waals surface area contributed by atoms with Crippen LogP contribution in [-0.2, 0) is 0 Å². The predicted octanol–water partition coefficient (Wildman–Crippen LogP) is 1.79. The molecule has 1 atom stereocenters. The fraction of sp³-hybridized carbons (Fsp3) is 0.240. The van der Waals surface area contributed by atoms with Gasteiger partial charge >= 0.3 is 0 Å². The van der Waals surface area contributed by atoms with Gasteiger partial charge in [-0.15, -0.1) is 0 Å². The Morgan fingerprint density at radius 2 is 2.17 bits per heavy atom. The molecule has 5 heterocycles. The zero-order chi connectivity index (χ0) is 25.4.